The number of anilines is 1. The summed E-state index contributed by atoms with van der Waals surface area (Å²) in [5.74, 6) is -0.111. The van der Waals surface area contributed by atoms with Gasteiger partial charge in [-0.25, -0.2) is 0 Å². The van der Waals surface area contributed by atoms with Crippen molar-refractivity contribution in [2.45, 2.75) is 32.0 Å². The summed E-state index contributed by atoms with van der Waals surface area (Å²) in [7, 11) is 0. The van der Waals surface area contributed by atoms with Crippen LogP contribution < -0.4 is 5.32 Å². The van der Waals surface area contributed by atoms with Crippen LogP contribution >= 0.6 is 0 Å². The van der Waals surface area contributed by atoms with Gasteiger partial charge in [-0.1, -0.05) is 43.7 Å². The first-order valence-corrected chi connectivity index (χ1v) is 6.87. The zero-order valence-corrected chi connectivity index (χ0v) is 11.3. The van der Waals surface area contributed by atoms with Crippen molar-refractivity contribution in [1.29, 1.82) is 0 Å². The van der Waals surface area contributed by atoms with E-state index in [1.807, 2.05) is 30.3 Å². The molecule has 0 unspecified atom stereocenters. The third-order valence-corrected chi connectivity index (χ3v) is 3.57. The Kier molecular flexibility index (Phi) is 3.32. The second kappa shape index (κ2) is 5.13. The van der Waals surface area contributed by atoms with E-state index in [9.17, 15) is 9.90 Å². The molecule has 104 valence electrons. The van der Waals surface area contributed by atoms with Gasteiger partial charge in [0.05, 0.1) is 11.8 Å². The molecule has 0 aromatic heterocycles. The van der Waals surface area contributed by atoms with Crippen LogP contribution in [0.3, 0.4) is 0 Å². The van der Waals surface area contributed by atoms with Gasteiger partial charge in [0.1, 0.15) is 5.75 Å². The molecule has 0 spiro atoms. The predicted octanol–water partition coefficient (Wildman–Crippen LogP) is 3.05. The second-order valence-electron chi connectivity index (χ2n) is 5.05. The minimum atomic E-state index is -0.381. The fraction of sp³-hybridized carbons (Fsp3) is 0.312. The molecule has 0 radical (unpaired) electrons. The van der Waals surface area contributed by atoms with Crippen molar-refractivity contribution in [2.24, 2.45) is 0 Å². The highest BCUT2D eigenvalue weighted by Crippen LogP contribution is 2.34. The molecule has 0 bridgehead atoms. The van der Waals surface area contributed by atoms with E-state index in [1.54, 1.807) is 6.07 Å². The molecule has 1 aliphatic heterocycles. The molecule has 1 heterocycles. The van der Waals surface area contributed by atoms with Gasteiger partial charge < -0.3 is 15.2 Å². The largest absolute Gasteiger partial charge is 0.506 e. The Balaban J connectivity index is 1.84. The van der Waals surface area contributed by atoms with Crippen molar-refractivity contribution >= 4 is 22.4 Å². The number of aromatic hydroxyl groups is 1. The number of carbonyl (C=O) groups is 1. The highest BCUT2D eigenvalue weighted by atomic mass is 16.6. The topological polar surface area (TPSA) is 61.9 Å². The number of hydrogen-bond donors (Lipinski definition) is 2. The Morgan fingerprint density at radius 3 is 2.90 bits per heavy atom. The first-order valence-electron chi connectivity index (χ1n) is 6.87. The monoisotopic (exact) mass is 271 g/mol. The van der Waals surface area contributed by atoms with Crippen LogP contribution in [0.25, 0.3) is 10.8 Å². The lowest BCUT2D eigenvalue weighted by Gasteiger charge is -2.10. The molecular formula is C16H17NO3. The number of phenolic OH excluding ortho intramolecular Hbond substituents is 1. The van der Waals surface area contributed by atoms with Crippen LogP contribution in [-0.4, -0.2) is 23.2 Å². The molecule has 20 heavy (non-hydrogen) atoms. The number of epoxide rings is 1. The molecule has 1 fully saturated rings. The lowest BCUT2D eigenvalue weighted by Crippen LogP contribution is -2.20. The number of fused-ring (bicyclic) bond motifs is 1. The van der Waals surface area contributed by atoms with Crippen LogP contribution in [0.4, 0.5) is 5.69 Å². The third-order valence-electron chi connectivity index (χ3n) is 3.57. The quantitative estimate of drug-likeness (QED) is 0.663. The van der Waals surface area contributed by atoms with Gasteiger partial charge in [-0.3, -0.25) is 4.79 Å². The smallest absolute Gasteiger partial charge is 0.256 e. The standard InChI is InChI=1S/C16H17NO3/c1-2-5-13-15(20-13)16(19)17-14-11-7-4-3-6-10(11)8-9-12(14)18/h3-4,6-9,13,15,18H,2,5H2,1H3,(H,17,19)/t13-,15+/m0/s1. The Bertz CT molecular complexity index is 653. The van der Waals surface area contributed by atoms with Gasteiger partial charge in [-0.05, 0) is 17.9 Å². The number of nitrogens with one attached hydrogen (secondary N) is 1. The molecule has 2 aromatic rings. The van der Waals surface area contributed by atoms with Crippen molar-refractivity contribution in [2.75, 3.05) is 5.32 Å². The minimum Gasteiger partial charge on any atom is -0.506 e. The van der Waals surface area contributed by atoms with E-state index in [1.165, 1.54) is 0 Å². The average molecular weight is 271 g/mol. The van der Waals surface area contributed by atoms with Gasteiger partial charge in [-0.2, -0.15) is 0 Å². The second-order valence-corrected chi connectivity index (χ2v) is 5.05. The maximum atomic E-state index is 12.1. The van der Waals surface area contributed by atoms with Crippen LogP contribution in [-0.2, 0) is 9.53 Å². The van der Waals surface area contributed by atoms with E-state index in [0.29, 0.717) is 5.69 Å². The van der Waals surface area contributed by atoms with Crippen LogP contribution in [0, 0.1) is 0 Å². The zero-order valence-electron chi connectivity index (χ0n) is 11.3. The summed E-state index contributed by atoms with van der Waals surface area (Å²) in [6.45, 7) is 2.06. The van der Waals surface area contributed by atoms with Gasteiger partial charge in [0.15, 0.2) is 6.10 Å². The van der Waals surface area contributed by atoms with E-state index in [2.05, 4.69) is 12.2 Å². The number of carbonyl (C=O) groups excluding carboxylic acids is 1. The molecule has 0 saturated carbocycles. The Morgan fingerprint density at radius 1 is 1.30 bits per heavy atom. The van der Waals surface area contributed by atoms with Gasteiger partial charge in [0, 0.05) is 5.39 Å². The minimum absolute atomic E-state index is 0.0251. The molecule has 2 N–H and O–H groups in total. The normalized spacial score (nSPS) is 20.9. The first-order chi connectivity index (χ1) is 9.70. The molecule has 3 rings (SSSR count). The van der Waals surface area contributed by atoms with Crippen LogP contribution in [0.15, 0.2) is 36.4 Å². The van der Waals surface area contributed by atoms with Crippen LogP contribution in [0.5, 0.6) is 5.75 Å². The molecule has 1 saturated heterocycles. The molecular weight excluding hydrogens is 254 g/mol. The van der Waals surface area contributed by atoms with E-state index < -0.39 is 0 Å². The average Bonchev–Trinajstić information content (AvgIpc) is 3.22. The van der Waals surface area contributed by atoms with Crippen molar-refractivity contribution in [3.8, 4) is 5.75 Å². The van der Waals surface area contributed by atoms with Crippen molar-refractivity contribution in [3.63, 3.8) is 0 Å². The fourth-order valence-electron chi connectivity index (χ4n) is 2.46. The molecule has 2 aromatic carbocycles. The summed E-state index contributed by atoms with van der Waals surface area (Å²) in [6.07, 6.45) is 1.53. The van der Waals surface area contributed by atoms with Gasteiger partial charge in [0.2, 0.25) is 0 Å². The van der Waals surface area contributed by atoms with Gasteiger partial charge in [-0.15, -0.1) is 0 Å². The summed E-state index contributed by atoms with van der Waals surface area (Å²) in [5, 5.41) is 14.6. The zero-order chi connectivity index (χ0) is 14.1. The van der Waals surface area contributed by atoms with E-state index in [0.717, 1.165) is 23.6 Å². The number of hydrogen-bond acceptors (Lipinski definition) is 3. The van der Waals surface area contributed by atoms with E-state index in [-0.39, 0.29) is 23.9 Å². The van der Waals surface area contributed by atoms with Crippen molar-refractivity contribution in [3.05, 3.63) is 36.4 Å². The predicted molar refractivity (Wildman–Crippen MR) is 77.8 cm³/mol. The lowest BCUT2D eigenvalue weighted by atomic mass is 10.1. The third kappa shape index (κ3) is 2.34. The van der Waals surface area contributed by atoms with Gasteiger partial charge >= 0.3 is 0 Å². The van der Waals surface area contributed by atoms with E-state index >= 15 is 0 Å². The Hall–Kier alpha value is -2.07. The van der Waals surface area contributed by atoms with E-state index in [4.69, 9.17) is 4.74 Å². The van der Waals surface area contributed by atoms with Crippen LogP contribution in [0.2, 0.25) is 0 Å². The molecule has 4 heteroatoms. The number of ether oxygens (including phenoxy) is 1. The Labute approximate surface area is 117 Å². The molecule has 1 aliphatic rings. The first kappa shape index (κ1) is 12.9. The maximum absolute atomic E-state index is 12.1. The SMILES string of the molecule is CCC[C@@H]1O[C@H]1C(=O)Nc1c(O)ccc2ccccc12. The highest BCUT2D eigenvalue weighted by molar-refractivity contribution is 6.06. The van der Waals surface area contributed by atoms with Crippen LogP contribution in [0.1, 0.15) is 19.8 Å². The van der Waals surface area contributed by atoms with Gasteiger partial charge in [0.25, 0.3) is 5.91 Å². The summed E-state index contributed by atoms with van der Waals surface area (Å²) in [6, 6.07) is 11.0. The Morgan fingerprint density at radius 2 is 2.10 bits per heavy atom. The summed E-state index contributed by atoms with van der Waals surface area (Å²) >= 11 is 0. The molecule has 4 nitrogen and oxygen atoms in total. The maximum Gasteiger partial charge on any atom is 0.256 e. The molecule has 0 aliphatic carbocycles. The fourth-order valence-corrected chi connectivity index (χ4v) is 2.46. The number of phenols is 1. The summed E-state index contributed by atoms with van der Waals surface area (Å²) < 4.78 is 5.35. The lowest BCUT2D eigenvalue weighted by molar-refractivity contribution is -0.117. The number of benzene rings is 2. The summed E-state index contributed by atoms with van der Waals surface area (Å²) in [4.78, 5) is 12.1. The summed E-state index contributed by atoms with van der Waals surface area (Å²) in [5.41, 5.74) is 0.457. The van der Waals surface area contributed by atoms with Crippen molar-refractivity contribution in [1.82, 2.24) is 0 Å². The molecule has 1 amide bonds. The number of rotatable bonds is 4. The van der Waals surface area contributed by atoms with Crippen molar-refractivity contribution < 1.29 is 14.6 Å². The number of amides is 1. The molecule has 2 atom stereocenters. The highest BCUT2D eigenvalue weighted by Gasteiger charge is 2.44.